The number of rotatable bonds is 6. The molecule has 15 heavy (non-hydrogen) atoms. The van der Waals surface area contributed by atoms with E-state index in [4.69, 9.17) is 14.6 Å². The molecule has 0 amide bonds. The summed E-state index contributed by atoms with van der Waals surface area (Å²) in [7, 11) is 0. The number of carboxylic acid groups (broad SMARTS) is 1. The zero-order valence-electron chi connectivity index (χ0n) is 9.40. The summed E-state index contributed by atoms with van der Waals surface area (Å²) in [5.41, 5.74) is 0. The second kappa shape index (κ2) is 5.44. The van der Waals surface area contributed by atoms with E-state index >= 15 is 0 Å². The highest BCUT2D eigenvalue weighted by Crippen LogP contribution is 2.21. The number of hydrogen-bond acceptors (Lipinski definition) is 4. The molecule has 0 bridgehead atoms. The third-order valence-corrected chi connectivity index (χ3v) is 2.41. The topological polar surface area (TPSA) is 67.8 Å². The van der Waals surface area contributed by atoms with Gasteiger partial charge in [-0.25, -0.2) is 0 Å². The quantitative estimate of drug-likeness (QED) is 0.693. The zero-order valence-corrected chi connectivity index (χ0v) is 9.40. The fourth-order valence-corrected chi connectivity index (χ4v) is 1.58. The molecule has 1 heterocycles. The van der Waals surface area contributed by atoms with Crippen LogP contribution in [0, 0.1) is 0 Å². The highest BCUT2D eigenvalue weighted by atomic mass is 16.9. The van der Waals surface area contributed by atoms with E-state index in [0.29, 0.717) is 0 Å². The minimum Gasteiger partial charge on any atom is -0.480 e. The minimum atomic E-state index is -0.858. The van der Waals surface area contributed by atoms with Crippen LogP contribution in [-0.2, 0) is 14.3 Å². The molecule has 1 rings (SSSR count). The van der Waals surface area contributed by atoms with Gasteiger partial charge in [0.15, 0.2) is 12.6 Å². The summed E-state index contributed by atoms with van der Waals surface area (Å²) in [5, 5.41) is 11.8. The van der Waals surface area contributed by atoms with Crippen LogP contribution in [0.2, 0.25) is 0 Å². The van der Waals surface area contributed by atoms with Crippen molar-refractivity contribution in [3.8, 4) is 0 Å². The molecule has 1 aliphatic rings. The average molecular weight is 217 g/mol. The van der Waals surface area contributed by atoms with Crippen molar-refractivity contribution in [1.82, 2.24) is 5.32 Å². The lowest BCUT2D eigenvalue weighted by Gasteiger charge is -2.39. The van der Waals surface area contributed by atoms with Crippen molar-refractivity contribution in [2.45, 2.75) is 58.3 Å². The maximum absolute atomic E-state index is 10.7. The van der Waals surface area contributed by atoms with Crippen molar-refractivity contribution in [2.24, 2.45) is 0 Å². The van der Waals surface area contributed by atoms with Crippen molar-refractivity contribution in [3.05, 3.63) is 0 Å². The highest BCUT2D eigenvalue weighted by molar-refractivity contribution is 5.72. The van der Waals surface area contributed by atoms with Gasteiger partial charge < -0.3 is 14.6 Å². The van der Waals surface area contributed by atoms with Gasteiger partial charge in [-0.3, -0.25) is 10.1 Å². The summed E-state index contributed by atoms with van der Waals surface area (Å²) < 4.78 is 10.7. The Balaban J connectivity index is 2.40. The largest absolute Gasteiger partial charge is 0.480 e. The van der Waals surface area contributed by atoms with Crippen LogP contribution in [0.15, 0.2) is 0 Å². The van der Waals surface area contributed by atoms with Crippen LogP contribution in [0.4, 0.5) is 0 Å². The van der Waals surface area contributed by atoms with Gasteiger partial charge in [0.25, 0.3) is 0 Å². The summed E-state index contributed by atoms with van der Waals surface area (Å²) >= 11 is 0. The summed E-state index contributed by atoms with van der Waals surface area (Å²) in [6.45, 7) is 5.48. The summed E-state index contributed by atoms with van der Waals surface area (Å²) in [5.74, 6) is -0.858. The van der Waals surface area contributed by atoms with Crippen LogP contribution in [-0.4, -0.2) is 35.7 Å². The number of nitrogens with one attached hydrogen (secondary N) is 1. The van der Waals surface area contributed by atoms with E-state index in [1.54, 1.807) is 6.92 Å². The second-order valence-corrected chi connectivity index (χ2v) is 3.83. The third-order valence-electron chi connectivity index (χ3n) is 2.41. The molecule has 88 valence electrons. The molecule has 0 aliphatic carbocycles. The molecule has 1 fully saturated rings. The summed E-state index contributed by atoms with van der Waals surface area (Å²) in [4.78, 5) is 10.7. The van der Waals surface area contributed by atoms with Crippen molar-refractivity contribution in [3.63, 3.8) is 0 Å². The van der Waals surface area contributed by atoms with Crippen molar-refractivity contribution >= 4 is 5.97 Å². The molecule has 0 radical (unpaired) electrons. The summed E-state index contributed by atoms with van der Waals surface area (Å²) in [6, 6.07) is -0.623. The number of ether oxygens (including phenoxy) is 2. The molecule has 5 nitrogen and oxygen atoms in total. The SMILES string of the molecule is CCC[C@H](N[C@@H](C)C(=O)O)C1OC(C)O1. The van der Waals surface area contributed by atoms with Gasteiger partial charge >= 0.3 is 5.97 Å². The Morgan fingerprint density at radius 3 is 2.53 bits per heavy atom. The molecule has 5 heteroatoms. The number of aliphatic carboxylic acids is 1. The van der Waals surface area contributed by atoms with E-state index in [1.165, 1.54) is 0 Å². The number of hydrogen-bond donors (Lipinski definition) is 2. The van der Waals surface area contributed by atoms with Crippen LogP contribution < -0.4 is 5.32 Å². The molecule has 0 aromatic heterocycles. The molecular formula is C10H19NO4. The Hall–Kier alpha value is -0.650. The van der Waals surface area contributed by atoms with Crippen LogP contribution in [0.3, 0.4) is 0 Å². The highest BCUT2D eigenvalue weighted by Gasteiger charge is 2.35. The molecule has 0 aromatic rings. The normalized spacial score (nSPS) is 29.3. The first-order valence-electron chi connectivity index (χ1n) is 5.34. The van der Waals surface area contributed by atoms with E-state index in [1.807, 2.05) is 13.8 Å². The van der Waals surface area contributed by atoms with Gasteiger partial charge in [0.1, 0.15) is 6.04 Å². The molecular weight excluding hydrogens is 198 g/mol. The first kappa shape index (κ1) is 12.4. The second-order valence-electron chi connectivity index (χ2n) is 3.83. The third kappa shape index (κ3) is 3.44. The van der Waals surface area contributed by atoms with E-state index in [9.17, 15) is 4.79 Å². The van der Waals surface area contributed by atoms with Crippen LogP contribution in [0.1, 0.15) is 33.6 Å². The molecule has 1 aliphatic heterocycles. The molecule has 0 aromatic carbocycles. The minimum absolute atomic E-state index is 0.0442. The van der Waals surface area contributed by atoms with Gasteiger partial charge in [-0.05, 0) is 20.3 Å². The number of carbonyl (C=O) groups is 1. The summed E-state index contributed by atoms with van der Waals surface area (Å²) in [6.07, 6.45) is 1.33. The van der Waals surface area contributed by atoms with Crippen molar-refractivity contribution in [1.29, 1.82) is 0 Å². The van der Waals surface area contributed by atoms with Gasteiger partial charge in [-0.15, -0.1) is 0 Å². The molecule has 0 unspecified atom stereocenters. The van der Waals surface area contributed by atoms with E-state index < -0.39 is 12.0 Å². The van der Waals surface area contributed by atoms with E-state index in [2.05, 4.69) is 5.32 Å². The van der Waals surface area contributed by atoms with Gasteiger partial charge in [0.2, 0.25) is 0 Å². The first-order valence-corrected chi connectivity index (χ1v) is 5.34. The Bertz CT molecular complexity index is 215. The molecule has 1 saturated heterocycles. The average Bonchev–Trinajstić information content (AvgIpc) is 2.12. The van der Waals surface area contributed by atoms with Crippen LogP contribution in [0.5, 0.6) is 0 Å². The molecule has 2 atom stereocenters. The van der Waals surface area contributed by atoms with Crippen LogP contribution >= 0.6 is 0 Å². The maximum atomic E-state index is 10.7. The van der Waals surface area contributed by atoms with Gasteiger partial charge in [0, 0.05) is 0 Å². The van der Waals surface area contributed by atoms with Crippen molar-refractivity contribution in [2.75, 3.05) is 0 Å². The van der Waals surface area contributed by atoms with Gasteiger partial charge in [-0.2, -0.15) is 0 Å². The monoisotopic (exact) mass is 217 g/mol. The fourth-order valence-electron chi connectivity index (χ4n) is 1.58. The lowest BCUT2D eigenvalue weighted by Crippen LogP contribution is -2.55. The predicted octanol–water partition coefficient (Wildman–Crippen LogP) is 0.937. The molecule has 0 spiro atoms. The maximum Gasteiger partial charge on any atom is 0.320 e. The van der Waals surface area contributed by atoms with E-state index in [0.717, 1.165) is 12.8 Å². The Morgan fingerprint density at radius 2 is 2.13 bits per heavy atom. The van der Waals surface area contributed by atoms with Gasteiger partial charge in [0.05, 0.1) is 6.04 Å². The Kier molecular flexibility index (Phi) is 4.50. The zero-order chi connectivity index (χ0) is 11.4. The fraction of sp³-hybridized carbons (Fsp3) is 0.900. The Labute approximate surface area is 89.8 Å². The van der Waals surface area contributed by atoms with Gasteiger partial charge in [-0.1, -0.05) is 13.3 Å². The van der Waals surface area contributed by atoms with E-state index in [-0.39, 0.29) is 18.6 Å². The van der Waals surface area contributed by atoms with Crippen molar-refractivity contribution < 1.29 is 19.4 Å². The molecule has 0 saturated carbocycles. The Morgan fingerprint density at radius 1 is 1.53 bits per heavy atom. The lowest BCUT2D eigenvalue weighted by molar-refractivity contribution is -0.384. The standard InChI is InChI=1S/C10H19NO4/c1-4-5-8(10-14-7(3)15-10)11-6(2)9(12)13/h6-8,10-11H,4-5H2,1-3H3,(H,12,13)/t6-,7?,8-,10?/m0/s1. The molecule has 2 N–H and O–H groups in total. The van der Waals surface area contributed by atoms with Crippen LogP contribution in [0.25, 0.3) is 0 Å². The first-order chi connectivity index (χ1) is 7.04. The lowest BCUT2D eigenvalue weighted by atomic mass is 10.1. The smallest absolute Gasteiger partial charge is 0.320 e. The number of carboxylic acids is 1. The predicted molar refractivity (Wildman–Crippen MR) is 54.3 cm³/mol.